The molecule has 0 saturated carbocycles. The molecule has 0 rings (SSSR count). The zero-order valence-electron chi connectivity index (χ0n) is 19.1. The normalized spacial score (nSPS) is 13.5. The molecule has 186 valence electrons. The third kappa shape index (κ3) is 14.5. The molecule has 0 aliphatic rings. The average Bonchev–Trinajstić information content (AvgIpc) is 2.76. The van der Waals surface area contributed by atoms with E-state index >= 15 is 0 Å². The summed E-state index contributed by atoms with van der Waals surface area (Å²) in [5.74, 6) is -1.55. The fourth-order valence-corrected chi connectivity index (χ4v) is 2.85. The van der Waals surface area contributed by atoms with E-state index in [1.165, 1.54) is 6.92 Å². The molecular formula is C20H42N8O4. The first-order chi connectivity index (χ1) is 15.2. The van der Waals surface area contributed by atoms with E-state index in [9.17, 15) is 14.4 Å². The van der Waals surface area contributed by atoms with Crippen LogP contribution in [-0.2, 0) is 14.4 Å². The molecular weight excluding hydrogens is 416 g/mol. The van der Waals surface area contributed by atoms with Crippen molar-refractivity contribution in [3.05, 3.63) is 0 Å². The maximum atomic E-state index is 12.6. The quantitative estimate of drug-likeness (QED) is 0.0635. The summed E-state index contributed by atoms with van der Waals surface area (Å²) in [5.41, 5.74) is 21.5. The van der Waals surface area contributed by atoms with Crippen LogP contribution in [-0.4, -0.2) is 73.2 Å². The molecule has 0 radical (unpaired) electrons. The van der Waals surface area contributed by atoms with Gasteiger partial charge in [0.2, 0.25) is 17.7 Å². The minimum Gasteiger partial charge on any atom is -0.394 e. The first kappa shape index (κ1) is 29.6. The van der Waals surface area contributed by atoms with Crippen LogP contribution in [0.3, 0.4) is 0 Å². The number of nitrogens with one attached hydrogen (secondary N) is 3. The number of guanidine groups is 1. The fourth-order valence-electron chi connectivity index (χ4n) is 2.85. The zero-order valence-corrected chi connectivity index (χ0v) is 19.1. The first-order valence-electron chi connectivity index (χ1n) is 11.2. The first-order valence-corrected chi connectivity index (χ1v) is 11.2. The monoisotopic (exact) mass is 458 g/mol. The van der Waals surface area contributed by atoms with Crippen LogP contribution in [0.15, 0.2) is 4.99 Å². The molecule has 0 aromatic heterocycles. The highest BCUT2D eigenvalue weighted by Crippen LogP contribution is 2.05. The predicted molar refractivity (Wildman–Crippen MR) is 124 cm³/mol. The number of aliphatic hydroxyl groups is 1. The molecule has 0 heterocycles. The highest BCUT2D eigenvalue weighted by Gasteiger charge is 2.25. The summed E-state index contributed by atoms with van der Waals surface area (Å²) in [6.07, 6.45) is 7.00. The molecule has 0 saturated heterocycles. The number of hydrogen-bond donors (Lipinski definition) is 8. The molecule has 0 spiro atoms. The Labute approximate surface area is 190 Å². The molecule has 0 aliphatic heterocycles. The third-order valence-corrected chi connectivity index (χ3v) is 4.79. The highest BCUT2D eigenvalue weighted by atomic mass is 16.3. The van der Waals surface area contributed by atoms with Crippen LogP contribution in [0.1, 0.15) is 58.3 Å². The van der Waals surface area contributed by atoms with Crippen molar-refractivity contribution < 1.29 is 19.5 Å². The van der Waals surface area contributed by atoms with Crippen LogP contribution in [0.4, 0.5) is 0 Å². The van der Waals surface area contributed by atoms with Gasteiger partial charge in [0.1, 0.15) is 18.1 Å². The second-order valence-corrected chi connectivity index (χ2v) is 7.73. The van der Waals surface area contributed by atoms with E-state index in [1.807, 2.05) is 0 Å². The van der Waals surface area contributed by atoms with Gasteiger partial charge in [0.25, 0.3) is 0 Å². The van der Waals surface area contributed by atoms with E-state index in [2.05, 4.69) is 20.9 Å². The Bertz CT molecular complexity index is 584. The third-order valence-electron chi connectivity index (χ3n) is 4.79. The van der Waals surface area contributed by atoms with Crippen LogP contribution < -0.4 is 38.9 Å². The van der Waals surface area contributed by atoms with E-state index in [4.69, 9.17) is 28.0 Å². The SMILES string of the molecule is C[C@H](NC(=O)[C@@H](N)CO)C(=O)N[C@@H](CCCN=C(N)N)C(=O)NCCCCCCCCN. The molecule has 0 aromatic carbocycles. The van der Waals surface area contributed by atoms with Crippen molar-refractivity contribution in [1.29, 1.82) is 0 Å². The van der Waals surface area contributed by atoms with Crippen molar-refractivity contribution in [2.24, 2.45) is 27.9 Å². The molecule has 0 aromatic rings. The molecule has 3 amide bonds. The van der Waals surface area contributed by atoms with Crippen molar-refractivity contribution in [3.8, 4) is 0 Å². The van der Waals surface area contributed by atoms with Crippen molar-refractivity contribution in [2.75, 3.05) is 26.2 Å². The number of nitrogens with two attached hydrogens (primary N) is 4. The predicted octanol–water partition coefficient (Wildman–Crippen LogP) is -2.24. The number of aliphatic hydroxyl groups excluding tert-OH is 1. The van der Waals surface area contributed by atoms with Crippen molar-refractivity contribution >= 4 is 23.7 Å². The second kappa shape index (κ2) is 18.2. The zero-order chi connectivity index (χ0) is 24.4. The van der Waals surface area contributed by atoms with Gasteiger partial charge in [0.05, 0.1) is 6.61 Å². The smallest absolute Gasteiger partial charge is 0.242 e. The molecule has 0 aliphatic carbocycles. The van der Waals surface area contributed by atoms with Gasteiger partial charge in [-0.05, 0) is 39.2 Å². The molecule has 12 N–H and O–H groups in total. The van der Waals surface area contributed by atoms with Gasteiger partial charge in [-0.2, -0.15) is 0 Å². The van der Waals surface area contributed by atoms with Crippen LogP contribution in [0.5, 0.6) is 0 Å². The summed E-state index contributed by atoms with van der Waals surface area (Å²) >= 11 is 0. The van der Waals surface area contributed by atoms with Crippen molar-refractivity contribution in [2.45, 2.75) is 76.4 Å². The van der Waals surface area contributed by atoms with Gasteiger partial charge in [-0.25, -0.2) is 0 Å². The summed E-state index contributed by atoms with van der Waals surface area (Å²) in [6, 6.07) is -2.85. The van der Waals surface area contributed by atoms with Gasteiger partial charge in [-0.15, -0.1) is 0 Å². The van der Waals surface area contributed by atoms with E-state index in [0.717, 1.165) is 38.5 Å². The topological polar surface area (TPSA) is 224 Å². The van der Waals surface area contributed by atoms with Crippen molar-refractivity contribution in [1.82, 2.24) is 16.0 Å². The summed E-state index contributed by atoms with van der Waals surface area (Å²) in [4.78, 5) is 40.7. The van der Waals surface area contributed by atoms with Gasteiger partial charge in [-0.3, -0.25) is 19.4 Å². The van der Waals surface area contributed by atoms with E-state index in [1.54, 1.807) is 0 Å². The van der Waals surface area contributed by atoms with Crippen LogP contribution in [0.2, 0.25) is 0 Å². The van der Waals surface area contributed by atoms with Crippen molar-refractivity contribution in [3.63, 3.8) is 0 Å². The Balaban J connectivity index is 4.64. The Kier molecular flexibility index (Phi) is 16.8. The molecule has 12 heteroatoms. The summed E-state index contributed by atoms with van der Waals surface area (Å²) in [7, 11) is 0. The summed E-state index contributed by atoms with van der Waals surface area (Å²) in [5, 5.41) is 16.8. The number of nitrogens with zero attached hydrogens (tertiary/aromatic N) is 1. The van der Waals surface area contributed by atoms with E-state index < -0.39 is 36.5 Å². The molecule has 3 atom stereocenters. The number of hydrogen-bond acceptors (Lipinski definition) is 7. The number of amides is 3. The van der Waals surface area contributed by atoms with Gasteiger partial charge in [0, 0.05) is 13.1 Å². The maximum absolute atomic E-state index is 12.6. The minimum atomic E-state index is -1.13. The van der Waals surface area contributed by atoms with Crippen LogP contribution in [0, 0.1) is 0 Å². The Hall–Kier alpha value is -2.44. The summed E-state index contributed by atoms with van der Waals surface area (Å²) < 4.78 is 0. The fraction of sp³-hybridized carbons (Fsp3) is 0.800. The molecule has 32 heavy (non-hydrogen) atoms. The molecule has 0 fully saturated rings. The number of rotatable bonds is 18. The number of carbonyl (C=O) groups excluding carboxylic acids is 3. The summed E-state index contributed by atoms with van der Waals surface area (Å²) in [6.45, 7) is 2.47. The van der Waals surface area contributed by atoms with E-state index in [0.29, 0.717) is 32.5 Å². The standard InChI is InChI=1S/C20H42N8O4/c1-14(27-18(31)15(22)13-29)17(30)28-16(9-8-12-26-20(23)24)19(32)25-11-7-5-3-2-4-6-10-21/h14-16,29H,2-13,21-22H2,1H3,(H,25,32)(H,27,31)(H,28,30)(H4,23,24,26)/t14-,15-,16-/m0/s1. The van der Waals surface area contributed by atoms with Crippen LogP contribution >= 0.6 is 0 Å². The lowest BCUT2D eigenvalue weighted by molar-refractivity contribution is -0.132. The van der Waals surface area contributed by atoms with Gasteiger partial charge in [0.15, 0.2) is 5.96 Å². The van der Waals surface area contributed by atoms with Gasteiger partial charge < -0.3 is 44.0 Å². The average molecular weight is 459 g/mol. The minimum absolute atomic E-state index is 0.0435. The van der Waals surface area contributed by atoms with Gasteiger partial charge in [-0.1, -0.05) is 25.7 Å². The molecule has 12 nitrogen and oxygen atoms in total. The molecule has 0 bridgehead atoms. The Morgan fingerprint density at radius 3 is 2.12 bits per heavy atom. The molecule has 0 unspecified atom stereocenters. The number of carbonyl (C=O) groups is 3. The lowest BCUT2D eigenvalue weighted by atomic mass is 10.1. The highest BCUT2D eigenvalue weighted by molar-refractivity contribution is 5.92. The maximum Gasteiger partial charge on any atom is 0.242 e. The largest absolute Gasteiger partial charge is 0.394 e. The van der Waals surface area contributed by atoms with E-state index in [-0.39, 0.29) is 11.9 Å². The Morgan fingerprint density at radius 2 is 1.53 bits per heavy atom. The number of aliphatic imine (C=N–C) groups is 1. The van der Waals surface area contributed by atoms with Gasteiger partial charge >= 0.3 is 0 Å². The lowest BCUT2D eigenvalue weighted by Gasteiger charge is -2.22. The number of unbranched alkanes of at least 4 members (excludes halogenated alkanes) is 5. The Morgan fingerprint density at radius 1 is 0.906 bits per heavy atom. The lowest BCUT2D eigenvalue weighted by Crippen LogP contribution is -2.55. The van der Waals surface area contributed by atoms with Crippen LogP contribution in [0.25, 0.3) is 0 Å². The second-order valence-electron chi connectivity index (χ2n) is 7.73.